The van der Waals surface area contributed by atoms with Crippen LogP contribution < -0.4 is 10.8 Å². The van der Waals surface area contributed by atoms with Crippen LogP contribution in [0.25, 0.3) is 0 Å². The number of aromatic carboxylic acids is 2. The number of carbonyl (C=O) groups excluding carboxylic acids is 1. The van der Waals surface area contributed by atoms with E-state index in [0.29, 0.717) is 23.4 Å². The van der Waals surface area contributed by atoms with Crippen LogP contribution in [0.2, 0.25) is 0 Å². The maximum Gasteiger partial charge on any atom is 0.336 e. The molecule has 0 unspecified atom stereocenters. The monoisotopic (exact) mass is 528 g/mol. The topological polar surface area (TPSA) is 165 Å². The van der Waals surface area contributed by atoms with Crippen molar-refractivity contribution in [2.75, 3.05) is 10.8 Å². The summed E-state index contributed by atoms with van der Waals surface area (Å²) in [5.41, 5.74) is 5.87. The van der Waals surface area contributed by atoms with Gasteiger partial charge in [0, 0.05) is 5.69 Å². The Morgan fingerprint density at radius 1 is 0.641 bits per heavy atom. The Hall–Kier alpha value is -5.35. The van der Waals surface area contributed by atoms with Crippen LogP contribution in [0.1, 0.15) is 47.8 Å². The molecule has 0 heterocycles. The summed E-state index contributed by atoms with van der Waals surface area (Å²) >= 11 is 0. The summed E-state index contributed by atoms with van der Waals surface area (Å²) in [6.45, 7) is -0.0657. The number of aromatic hydroxyl groups is 2. The first-order chi connectivity index (χ1) is 18.7. The highest BCUT2D eigenvalue weighted by Crippen LogP contribution is 2.21. The van der Waals surface area contributed by atoms with Gasteiger partial charge in [0.25, 0.3) is 5.91 Å². The van der Waals surface area contributed by atoms with E-state index in [9.17, 15) is 34.8 Å². The van der Waals surface area contributed by atoms with E-state index in [1.165, 1.54) is 30.3 Å². The summed E-state index contributed by atoms with van der Waals surface area (Å²) < 4.78 is 0. The maximum atomic E-state index is 12.6. The molecule has 4 aromatic carbocycles. The molecule has 0 aromatic heterocycles. The van der Waals surface area contributed by atoms with E-state index < -0.39 is 17.8 Å². The lowest BCUT2D eigenvalue weighted by Gasteiger charge is -2.11. The molecular formula is C29H24N2O8. The second-order valence-electron chi connectivity index (χ2n) is 8.60. The van der Waals surface area contributed by atoms with Gasteiger partial charge in [-0.3, -0.25) is 15.1 Å². The van der Waals surface area contributed by atoms with Gasteiger partial charge in [-0.1, -0.05) is 24.3 Å². The molecule has 0 aliphatic rings. The molecule has 10 nitrogen and oxygen atoms in total. The maximum absolute atomic E-state index is 12.6. The molecule has 198 valence electrons. The summed E-state index contributed by atoms with van der Waals surface area (Å²) in [5, 5.41) is 40.4. The number of carboxylic acid groups (broad SMARTS) is 2. The standard InChI is InChI=1S/C29H24N2O8/c32-22-9-11-24(28(35)36)19(14-22)16-39-31-21-7-3-18(4-8-21)13-17-1-5-20(6-2-17)30-27(34)26-15-23(33)10-12-25(26)29(37)38/h1-12,14-15,31-33H,13,16H2,(H,30,34)(H,35,36)(H,37,38). The van der Waals surface area contributed by atoms with Gasteiger partial charge >= 0.3 is 11.9 Å². The number of phenolic OH excluding ortho intramolecular Hbond substituents is 2. The number of benzene rings is 4. The molecule has 4 rings (SSSR count). The fraction of sp³-hybridized carbons (Fsp3) is 0.0690. The van der Waals surface area contributed by atoms with Gasteiger partial charge in [0.15, 0.2) is 0 Å². The lowest BCUT2D eigenvalue weighted by atomic mass is 10.0. The second-order valence-corrected chi connectivity index (χ2v) is 8.60. The Kier molecular flexibility index (Phi) is 8.08. The van der Waals surface area contributed by atoms with Crippen molar-refractivity contribution in [3.63, 3.8) is 0 Å². The minimum absolute atomic E-state index is 0.0416. The number of carboxylic acids is 2. The molecule has 0 atom stereocenters. The van der Waals surface area contributed by atoms with Crippen molar-refractivity contribution in [3.05, 3.63) is 118 Å². The van der Waals surface area contributed by atoms with Crippen molar-refractivity contribution in [1.82, 2.24) is 0 Å². The molecule has 0 aliphatic carbocycles. The third-order valence-electron chi connectivity index (χ3n) is 5.79. The summed E-state index contributed by atoms with van der Waals surface area (Å²) in [6, 6.07) is 21.9. The molecule has 6 N–H and O–H groups in total. The molecule has 1 amide bonds. The van der Waals surface area contributed by atoms with E-state index in [1.54, 1.807) is 24.3 Å². The van der Waals surface area contributed by atoms with Gasteiger partial charge in [-0.15, -0.1) is 0 Å². The predicted octanol–water partition coefficient (Wildman–Crippen LogP) is 4.88. The molecule has 10 heteroatoms. The lowest BCUT2D eigenvalue weighted by molar-refractivity contribution is 0.0682. The molecule has 0 bridgehead atoms. The number of hydrogen-bond acceptors (Lipinski definition) is 7. The van der Waals surface area contributed by atoms with Crippen LogP contribution in [-0.2, 0) is 17.9 Å². The SMILES string of the molecule is O=C(O)c1ccc(O)cc1CONc1ccc(Cc2ccc(NC(=O)c3cc(O)ccc3C(=O)O)cc2)cc1. The van der Waals surface area contributed by atoms with Crippen molar-refractivity contribution in [1.29, 1.82) is 0 Å². The zero-order chi connectivity index (χ0) is 27.9. The number of carbonyl (C=O) groups is 3. The first-order valence-corrected chi connectivity index (χ1v) is 11.7. The van der Waals surface area contributed by atoms with Crippen LogP contribution in [0.5, 0.6) is 11.5 Å². The average Bonchev–Trinajstić information content (AvgIpc) is 2.90. The molecule has 0 saturated carbocycles. The highest BCUT2D eigenvalue weighted by atomic mass is 16.6. The molecule has 0 fully saturated rings. The van der Waals surface area contributed by atoms with Gasteiger partial charge in [-0.2, -0.15) is 0 Å². The fourth-order valence-corrected chi connectivity index (χ4v) is 3.84. The van der Waals surface area contributed by atoms with Crippen LogP contribution in [0, 0.1) is 0 Å². The highest BCUT2D eigenvalue weighted by Gasteiger charge is 2.17. The van der Waals surface area contributed by atoms with Gasteiger partial charge in [0.1, 0.15) is 18.1 Å². The average molecular weight is 529 g/mol. The quantitative estimate of drug-likeness (QED) is 0.157. The second kappa shape index (κ2) is 11.8. The van der Waals surface area contributed by atoms with E-state index in [1.807, 2.05) is 24.3 Å². The summed E-state index contributed by atoms with van der Waals surface area (Å²) in [5.74, 6) is -3.30. The number of anilines is 2. The summed E-state index contributed by atoms with van der Waals surface area (Å²) in [6.07, 6.45) is 0.607. The zero-order valence-corrected chi connectivity index (χ0v) is 20.4. The predicted molar refractivity (Wildman–Crippen MR) is 142 cm³/mol. The lowest BCUT2D eigenvalue weighted by Crippen LogP contribution is -2.16. The van der Waals surface area contributed by atoms with Gasteiger partial charge in [-0.25, -0.2) is 9.59 Å². The van der Waals surface area contributed by atoms with Gasteiger partial charge in [0.2, 0.25) is 0 Å². The van der Waals surface area contributed by atoms with Crippen LogP contribution in [0.3, 0.4) is 0 Å². The van der Waals surface area contributed by atoms with Crippen LogP contribution >= 0.6 is 0 Å². The smallest absolute Gasteiger partial charge is 0.336 e. The van der Waals surface area contributed by atoms with Gasteiger partial charge < -0.3 is 25.7 Å². The third-order valence-corrected chi connectivity index (χ3v) is 5.79. The minimum atomic E-state index is -1.27. The van der Waals surface area contributed by atoms with Gasteiger partial charge in [-0.05, 0) is 83.8 Å². The first-order valence-electron chi connectivity index (χ1n) is 11.7. The van der Waals surface area contributed by atoms with Crippen molar-refractivity contribution in [2.24, 2.45) is 0 Å². The van der Waals surface area contributed by atoms with E-state index in [4.69, 9.17) is 4.84 Å². The molecular weight excluding hydrogens is 504 g/mol. The number of phenols is 2. The van der Waals surface area contributed by atoms with Crippen molar-refractivity contribution < 1.29 is 39.6 Å². The highest BCUT2D eigenvalue weighted by molar-refractivity contribution is 6.11. The Morgan fingerprint density at radius 3 is 1.77 bits per heavy atom. The first kappa shape index (κ1) is 26.7. The Balaban J connectivity index is 1.32. The molecule has 0 radical (unpaired) electrons. The molecule has 39 heavy (non-hydrogen) atoms. The van der Waals surface area contributed by atoms with Crippen molar-refractivity contribution in [2.45, 2.75) is 13.0 Å². The number of nitrogens with one attached hydrogen (secondary N) is 2. The number of rotatable bonds is 10. The molecule has 0 saturated heterocycles. The largest absolute Gasteiger partial charge is 0.508 e. The molecule has 0 spiro atoms. The summed E-state index contributed by atoms with van der Waals surface area (Å²) in [4.78, 5) is 40.7. The third kappa shape index (κ3) is 6.90. The van der Waals surface area contributed by atoms with Crippen LogP contribution in [-0.4, -0.2) is 38.3 Å². The Bertz CT molecular complexity index is 1520. The van der Waals surface area contributed by atoms with Crippen LogP contribution in [0.4, 0.5) is 11.4 Å². The normalized spacial score (nSPS) is 10.6. The van der Waals surface area contributed by atoms with Crippen LogP contribution in [0.15, 0.2) is 84.9 Å². The van der Waals surface area contributed by atoms with E-state index >= 15 is 0 Å². The van der Waals surface area contributed by atoms with E-state index in [0.717, 1.165) is 17.2 Å². The Labute approximate surface area is 222 Å². The van der Waals surface area contributed by atoms with Crippen molar-refractivity contribution in [3.8, 4) is 11.5 Å². The van der Waals surface area contributed by atoms with E-state index in [-0.39, 0.29) is 34.8 Å². The number of amides is 1. The molecule has 4 aromatic rings. The summed E-state index contributed by atoms with van der Waals surface area (Å²) in [7, 11) is 0. The van der Waals surface area contributed by atoms with Crippen molar-refractivity contribution >= 4 is 29.2 Å². The fourth-order valence-electron chi connectivity index (χ4n) is 3.84. The minimum Gasteiger partial charge on any atom is -0.508 e. The van der Waals surface area contributed by atoms with E-state index in [2.05, 4.69) is 10.8 Å². The molecule has 0 aliphatic heterocycles. The van der Waals surface area contributed by atoms with Gasteiger partial charge in [0.05, 0.1) is 22.4 Å². The Morgan fingerprint density at radius 2 is 1.18 bits per heavy atom. The number of hydrogen-bond donors (Lipinski definition) is 6. The zero-order valence-electron chi connectivity index (χ0n) is 20.4.